The zero-order valence-corrected chi connectivity index (χ0v) is 10.2. The zero-order valence-electron chi connectivity index (χ0n) is 10.2. The molecule has 2 aliphatic rings. The van der Waals surface area contributed by atoms with Crippen molar-refractivity contribution in [3.8, 4) is 0 Å². The number of likely N-dealkylation sites (tertiary alicyclic amines) is 1. The third kappa shape index (κ3) is 2.55. The highest BCUT2D eigenvalue weighted by atomic mass is 16.2. The van der Waals surface area contributed by atoms with Gasteiger partial charge in [-0.15, -0.1) is 0 Å². The molecule has 1 atom stereocenters. The van der Waals surface area contributed by atoms with Crippen LogP contribution >= 0.6 is 0 Å². The number of hydrogen-bond donors (Lipinski definition) is 2. The van der Waals surface area contributed by atoms with E-state index in [1.165, 1.54) is 19.3 Å². The number of carbonyl (C=O) groups is 1. The van der Waals surface area contributed by atoms with Gasteiger partial charge in [-0.25, -0.2) is 0 Å². The molecule has 0 saturated carbocycles. The summed E-state index contributed by atoms with van der Waals surface area (Å²) >= 11 is 0. The standard InChI is InChI=1S/C12H23N3O/c1-2-14-12(16)11-4-3-9-15(11)10-5-7-13-8-6-10/h10-11,13H,2-9H2,1H3,(H,14,16). The lowest BCUT2D eigenvalue weighted by Gasteiger charge is -2.35. The summed E-state index contributed by atoms with van der Waals surface area (Å²) in [6.45, 7) is 6.04. The molecular formula is C12H23N3O. The number of carbonyl (C=O) groups excluding carboxylic acids is 1. The molecule has 0 spiro atoms. The number of likely N-dealkylation sites (N-methyl/N-ethyl adjacent to an activating group) is 1. The van der Waals surface area contributed by atoms with Gasteiger partial charge in [-0.1, -0.05) is 0 Å². The van der Waals surface area contributed by atoms with E-state index in [0.29, 0.717) is 6.04 Å². The molecule has 0 radical (unpaired) electrons. The summed E-state index contributed by atoms with van der Waals surface area (Å²) in [5, 5.41) is 6.34. The molecule has 16 heavy (non-hydrogen) atoms. The first-order chi connectivity index (χ1) is 7.83. The zero-order chi connectivity index (χ0) is 11.4. The van der Waals surface area contributed by atoms with Gasteiger partial charge in [-0.3, -0.25) is 9.69 Å². The summed E-state index contributed by atoms with van der Waals surface area (Å²) in [7, 11) is 0. The van der Waals surface area contributed by atoms with E-state index in [1.54, 1.807) is 0 Å². The van der Waals surface area contributed by atoms with Crippen LogP contribution in [0, 0.1) is 0 Å². The first-order valence-electron chi connectivity index (χ1n) is 6.57. The van der Waals surface area contributed by atoms with Gasteiger partial charge in [-0.2, -0.15) is 0 Å². The average Bonchev–Trinajstić information content (AvgIpc) is 2.79. The second kappa shape index (κ2) is 5.64. The van der Waals surface area contributed by atoms with E-state index in [0.717, 1.165) is 32.6 Å². The van der Waals surface area contributed by atoms with E-state index in [1.807, 2.05) is 6.92 Å². The van der Waals surface area contributed by atoms with E-state index in [9.17, 15) is 4.79 Å². The van der Waals surface area contributed by atoms with E-state index in [-0.39, 0.29) is 11.9 Å². The minimum absolute atomic E-state index is 0.142. The van der Waals surface area contributed by atoms with Crippen LogP contribution in [0.2, 0.25) is 0 Å². The van der Waals surface area contributed by atoms with Gasteiger partial charge in [0.2, 0.25) is 5.91 Å². The van der Waals surface area contributed by atoms with Crippen LogP contribution in [0.1, 0.15) is 32.6 Å². The Morgan fingerprint density at radius 2 is 2.12 bits per heavy atom. The lowest BCUT2D eigenvalue weighted by Crippen LogP contribution is -2.50. The fourth-order valence-electron chi connectivity index (χ4n) is 2.94. The number of hydrogen-bond acceptors (Lipinski definition) is 3. The summed E-state index contributed by atoms with van der Waals surface area (Å²) in [6, 6.07) is 0.763. The monoisotopic (exact) mass is 225 g/mol. The topological polar surface area (TPSA) is 44.4 Å². The van der Waals surface area contributed by atoms with Gasteiger partial charge in [0, 0.05) is 12.6 Å². The Hall–Kier alpha value is -0.610. The van der Waals surface area contributed by atoms with Crippen molar-refractivity contribution in [2.45, 2.75) is 44.7 Å². The largest absolute Gasteiger partial charge is 0.355 e. The molecule has 2 N–H and O–H groups in total. The molecule has 0 aromatic rings. The van der Waals surface area contributed by atoms with Crippen molar-refractivity contribution in [1.29, 1.82) is 0 Å². The Balaban J connectivity index is 1.93. The van der Waals surface area contributed by atoms with Crippen molar-refractivity contribution in [2.75, 3.05) is 26.2 Å². The van der Waals surface area contributed by atoms with Gasteiger partial charge in [0.25, 0.3) is 0 Å². The first-order valence-corrected chi connectivity index (χ1v) is 6.57. The molecule has 2 fully saturated rings. The van der Waals surface area contributed by atoms with Crippen LogP contribution in [0.5, 0.6) is 0 Å². The van der Waals surface area contributed by atoms with Crippen LogP contribution in [0.4, 0.5) is 0 Å². The average molecular weight is 225 g/mol. The van der Waals surface area contributed by atoms with Crippen molar-refractivity contribution in [1.82, 2.24) is 15.5 Å². The molecule has 0 aromatic heterocycles. The van der Waals surface area contributed by atoms with E-state index in [2.05, 4.69) is 15.5 Å². The first kappa shape index (κ1) is 11.9. The molecule has 2 heterocycles. The molecule has 0 aromatic carbocycles. The Bertz CT molecular complexity index is 238. The van der Waals surface area contributed by atoms with Crippen LogP contribution in [0.25, 0.3) is 0 Å². The van der Waals surface area contributed by atoms with Gasteiger partial charge in [0.1, 0.15) is 0 Å². The minimum atomic E-state index is 0.142. The third-order valence-electron chi connectivity index (χ3n) is 3.73. The van der Waals surface area contributed by atoms with E-state index < -0.39 is 0 Å². The molecule has 0 aliphatic carbocycles. The number of amides is 1. The molecule has 4 nitrogen and oxygen atoms in total. The molecule has 4 heteroatoms. The van der Waals surface area contributed by atoms with Crippen LogP contribution in [-0.2, 0) is 4.79 Å². The van der Waals surface area contributed by atoms with Gasteiger partial charge in [-0.05, 0) is 52.2 Å². The fraction of sp³-hybridized carbons (Fsp3) is 0.917. The van der Waals surface area contributed by atoms with Crippen molar-refractivity contribution in [3.05, 3.63) is 0 Å². The van der Waals surface area contributed by atoms with Crippen molar-refractivity contribution in [2.24, 2.45) is 0 Å². The highest BCUT2D eigenvalue weighted by Crippen LogP contribution is 2.24. The number of rotatable bonds is 3. The summed E-state index contributed by atoms with van der Waals surface area (Å²) in [6.07, 6.45) is 4.59. The molecule has 1 amide bonds. The summed E-state index contributed by atoms with van der Waals surface area (Å²) < 4.78 is 0. The van der Waals surface area contributed by atoms with Crippen molar-refractivity contribution in [3.63, 3.8) is 0 Å². The normalized spacial score (nSPS) is 28.2. The smallest absolute Gasteiger partial charge is 0.237 e. The third-order valence-corrected chi connectivity index (χ3v) is 3.73. The van der Waals surface area contributed by atoms with Crippen LogP contribution in [0.15, 0.2) is 0 Å². The second-order valence-electron chi connectivity index (χ2n) is 4.77. The molecule has 2 aliphatic heterocycles. The number of piperidine rings is 1. The van der Waals surface area contributed by atoms with Crippen LogP contribution in [0.3, 0.4) is 0 Å². The molecule has 1 unspecified atom stereocenters. The number of nitrogens with one attached hydrogen (secondary N) is 2. The van der Waals surface area contributed by atoms with E-state index >= 15 is 0 Å². The lowest BCUT2D eigenvalue weighted by atomic mass is 10.0. The maximum Gasteiger partial charge on any atom is 0.237 e. The Morgan fingerprint density at radius 1 is 1.38 bits per heavy atom. The van der Waals surface area contributed by atoms with Crippen molar-refractivity contribution >= 4 is 5.91 Å². The van der Waals surface area contributed by atoms with Gasteiger partial charge >= 0.3 is 0 Å². The molecular weight excluding hydrogens is 202 g/mol. The Morgan fingerprint density at radius 3 is 2.81 bits per heavy atom. The van der Waals surface area contributed by atoms with Gasteiger partial charge in [0.05, 0.1) is 6.04 Å². The molecule has 0 bridgehead atoms. The quantitative estimate of drug-likeness (QED) is 0.728. The lowest BCUT2D eigenvalue weighted by molar-refractivity contribution is -0.126. The van der Waals surface area contributed by atoms with Crippen LogP contribution in [-0.4, -0.2) is 49.1 Å². The second-order valence-corrected chi connectivity index (χ2v) is 4.77. The predicted octanol–water partition coefficient (Wildman–Crippen LogP) is 0.339. The number of nitrogens with zero attached hydrogens (tertiary/aromatic N) is 1. The summed E-state index contributed by atoms with van der Waals surface area (Å²) in [4.78, 5) is 14.4. The SMILES string of the molecule is CCNC(=O)C1CCCN1C1CCNCC1. The molecule has 92 valence electrons. The van der Waals surface area contributed by atoms with Gasteiger partial charge in [0.15, 0.2) is 0 Å². The predicted molar refractivity (Wildman–Crippen MR) is 64.3 cm³/mol. The summed E-state index contributed by atoms with van der Waals surface area (Å²) in [5.41, 5.74) is 0. The Labute approximate surface area is 97.8 Å². The van der Waals surface area contributed by atoms with E-state index in [4.69, 9.17) is 0 Å². The molecule has 2 saturated heterocycles. The Kier molecular flexibility index (Phi) is 4.18. The van der Waals surface area contributed by atoms with Gasteiger partial charge < -0.3 is 10.6 Å². The molecule has 2 rings (SSSR count). The van der Waals surface area contributed by atoms with Crippen LogP contribution < -0.4 is 10.6 Å². The summed E-state index contributed by atoms with van der Waals surface area (Å²) in [5.74, 6) is 0.235. The fourth-order valence-corrected chi connectivity index (χ4v) is 2.94. The maximum atomic E-state index is 11.9. The van der Waals surface area contributed by atoms with Crippen molar-refractivity contribution < 1.29 is 4.79 Å². The maximum absolute atomic E-state index is 11.9. The highest BCUT2D eigenvalue weighted by molar-refractivity contribution is 5.82. The highest BCUT2D eigenvalue weighted by Gasteiger charge is 2.35. The minimum Gasteiger partial charge on any atom is -0.355 e.